The van der Waals surface area contributed by atoms with E-state index in [9.17, 15) is 8.42 Å². The molecule has 0 radical (unpaired) electrons. The number of unbranched alkanes of at least 4 members (excludes halogenated alkanes) is 2. The fourth-order valence-corrected chi connectivity index (χ4v) is 2.44. The summed E-state index contributed by atoms with van der Waals surface area (Å²) in [5, 5.41) is 0. The molecule has 0 saturated heterocycles. The molecule has 3 nitrogen and oxygen atoms in total. The van der Waals surface area contributed by atoms with Gasteiger partial charge < -0.3 is 0 Å². The lowest BCUT2D eigenvalue weighted by Crippen LogP contribution is -2.20. The van der Waals surface area contributed by atoms with Crippen LogP contribution in [0, 0.1) is 0 Å². The van der Waals surface area contributed by atoms with Crippen LogP contribution >= 0.6 is 0 Å². The highest BCUT2D eigenvalue weighted by molar-refractivity contribution is 7.86. The third kappa shape index (κ3) is 9.66. The van der Waals surface area contributed by atoms with Crippen LogP contribution in [-0.2, 0) is 14.3 Å². The van der Waals surface area contributed by atoms with E-state index in [1.807, 2.05) is 0 Å². The molecule has 0 aromatic heterocycles. The van der Waals surface area contributed by atoms with Crippen LogP contribution in [0.3, 0.4) is 0 Å². The predicted molar refractivity (Wildman–Crippen MR) is 77.1 cm³/mol. The van der Waals surface area contributed by atoms with Gasteiger partial charge in [-0.25, -0.2) is 0 Å². The molecule has 0 bridgehead atoms. The Kier molecular flexibility index (Phi) is 10.4. The van der Waals surface area contributed by atoms with Crippen LogP contribution in [0.5, 0.6) is 0 Å². The van der Waals surface area contributed by atoms with E-state index in [4.69, 9.17) is 4.18 Å². The van der Waals surface area contributed by atoms with Crippen molar-refractivity contribution >= 4 is 10.1 Å². The Morgan fingerprint density at radius 3 is 2.28 bits per heavy atom. The van der Waals surface area contributed by atoms with Gasteiger partial charge in [-0.05, 0) is 39.0 Å². The molecule has 0 aliphatic rings. The molecule has 0 spiro atoms. The van der Waals surface area contributed by atoms with E-state index in [0.717, 1.165) is 44.9 Å². The molecular formula is C14H28O3S. The third-order valence-corrected chi connectivity index (χ3v) is 4.09. The zero-order chi connectivity index (χ0) is 13.9. The van der Waals surface area contributed by atoms with Crippen molar-refractivity contribution in [1.29, 1.82) is 0 Å². The summed E-state index contributed by atoms with van der Waals surface area (Å²) >= 11 is 0. The van der Waals surface area contributed by atoms with E-state index < -0.39 is 10.1 Å². The van der Waals surface area contributed by atoms with Crippen LogP contribution in [0.25, 0.3) is 0 Å². The second kappa shape index (κ2) is 10.6. The third-order valence-electron chi connectivity index (χ3n) is 2.82. The van der Waals surface area contributed by atoms with Crippen LogP contribution in [0.4, 0.5) is 0 Å². The molecule has 0 aromatic rings. The lowest BCUT2D eigenvalue weighted by Gasteiger charge is -2.16. The minimum atomic E-state index is -3.31. The summed E-state index contributed by atoms with van der Waals surface area (Å²) in [7, 11) is -3.31. The summed E-state index contributed by atoms with van der Waals surface area (Å²) in [6, 6.07) is 0. The van der Waals surface area contributed by atoms with E-state index in [1.54, 1.807) is 6.92 Å². The fraction of sp³-hybridized carbons (Fsp3) is 0.857. The first kappa shape index (κ1) is 17.6. The molecule has 1 unspecified atom stereocenters. The average molecular weight is 276 g/mol. The van der Waals surface area contributed by atoms with Crippen molar-refractivity contribution in [1.82, 2.24) is 0 Å². The molecule has 0 heterocycles. The maximum atomic E-state index is 11.5. The van der Waals surface area contributed by atoms with Crippen molar-refractivity contribution in [3.63, 3.8) is 0 Å². The Hall–Kier alpha value is -0.350. The van der Waals surface area contributed by atoms with E-state index in [-0.39, 0.29) is 11.9 Å². The predicted octanol–water partition coefficient (Wildman–Crippen LogP) is 4.05. The standard InChI is InChI=1S/C14H28O3S/c1-4-7-9-10-11-13-14(12-8-5-2)17-18(15,16)6-3/h7,9,14H,4-6,8,10-13H2,1-3H3. The van der Waals surface area contributed by atoms with Crippen LogP contribution in [-0.4, -0.2) is 20.3 Å². The summed E-state index contributed by atoms with van der Waals surface area (Å²) < 4.78 is 28.2. The van der Waals surface area contributed by atoms with Crippen LogP contribution in [0.15, 0.2) is 12.2 Å². The Labute approximate surface area is 113 Å². The van der Waals surface area contributed by atoms with E-state index in [1.165, 1.54) is 0 Å². The number of hydrogen-bond donors (Lipinski definition) is 0. The van der Waals surface area contributed by atoms with Crippen LogP contribution < -0.4 is 0 Å². The SMILES string of the molecule is CCC=CCCCC(CCCC)OS(=O)(=O)CC. The van der Waals surface area contributed by atoms with Gasteiger partial charge in [0.15, 0.2) is 0 Å². The molecule has 4 heteroatoms. The minimum absolute atomic E-state index is 0.0609. The molecule has 0 aliphatic carbocycles. The van der Waals surface area contributed by atoms with Crippen LogP contribution in [0.2, 0.25) is 0 Å². The Balaban J connectivity index is 4.10. The van der Waals surface area contributed by atoms with Gasteiger partial charge >= 0.3 is 0 Å². The van der Waals surface area contributed by atoms with Gasteiger partial charge in [-0.2, -0.15) is 8.42 Å². The first-order chi connectivity index (χ1) is 8.55. The first-order valence-corrected chi connectivity index (χ1v) is 8.69. The van der Waals surface area contributed by atoms with E-state index >= 15 is 0 Å². The molecule has 0 aromatic carbocycles. The quantitative estimate of drug-likeness (QED) is 0.325. The van der Waals surface area contributed by atoms with Gasteiger partial charge in [0, 0.05) is 0 Å². The average Bonchev–Trinajstić information content (AvgIpc) is 2.35. The molecule has 0 amide bonds. The highest BCUT2D eigenvalue weighted by atomic mass is 32.2. The smallest absolute Gasteiger partial charge is 0.267 e. The maximum absolute atomic E-state index is 11.5. The topological polar surface area (TPSA) is 43.4 Å². The summed E-state index contributed by atoms with van der Waals surface area (Å²) in [4.78, 5) is 0. The van der Waals surface area contributed by atoms with Gasteiger partial charge in [-0.15, -0.1) is 0 Å². The molecule has 0 aliphatic heterocycles. The van der Waals surface area contributed by atoms with Gasteiger partial charge in [0.2, 0.25) is 0 Å². The molecule has 108 valence electrons. The largest absolute Gasteiger partial charge is 0.267 e. The van der Waals surface area contributed by atoms with Gasteiger partial charge in [-0.3, -0.25) is 4.18 Å². The Morgan fingerprint density at radius 1 is 1.06 bits per heavy atom. The highest BCUT2D eigenvalue weighted by Crippen LogP contribution is 2.15. The Morgan fingerprint density at radius 2 is 1.72 bits per heavy atom. The number of rotatable bonds is 11. The fourth-order valence-electron chi connectivity index (χ4n) is 1.70. The first-order valence-electron chi connectivity index (χ1n) is 7.11. The van der Waals surface area contributed by atoms with Crippen LogP contribution in [0.1, 0.15) is 65.7 Å². The zero-order valence-corrected chi connectivity index (χ0v) is 12.8. The van der Waals surface area contributed by atoms with Crippen molar-refractivity contribution < 1.29 is 12.6 Å². The van der Waals surface area contributed by atoms with Crippen molar-refractivity contribution in [2.45, 2.75) is 71.8 Å². The molecule has 0 N–H and O–H groups in total. The van der Waals surface area contributed by atoms with Gasteiger partial charge in [0.1, 0.15) is 0 Å². The molecule has 0 rings (SSSR count). The monoisotopic (exact) mass is 276 g/mol. The molecule has 1 atom stereocenters. The number of hydrogen-bond acceptors (Lipinski definition) is 3. The summed E-state index contributed by atoms with van der Waals surface area (Å²) in [6.45, 7) is 5.84. The van der Waals surface area contributed by atoms with E-state index in [0.29, 0.717) is 0 Å². The van der Waals surface area contributed by atoms with Crippen molar-refractivity contribution in [2.24, 2.45) is 0 Å². The molecule has 0 fully saturated rings. The number of allylic oxidation sites excluding steroid dienone is 2. The molecular weight excluding hydrogens is 248 g/mol. The van der Waals surface area contributed by atoms with Crippen molar-refractivity contribution in [3.05, 3.63) is 12.2 Å². The van der Waals surface area contributed by atoms with E-state index in [2.05, 4.69) is 26.0 Å². The summed E-state index contributed by atoms with van der Waals surface area (Å²) in [6.07, 6.45) is 11.0. The zero-order valence-electron chi connectivity index (χ0n) is 12.0. The lowest BCUT2D eigenvalue weighted by molar-refractivity contribution is 0.183. The maximum Gasteiger partial charge on any atom is 0.267 e. The minimum Gasteiger partial charge on any atom is -0.267 e. The summed E-state index contributed by atoms with van der Waals surface area (Å²) in [5.41, 5.74) is 0. The second-order valence-electron chi connectivity index (χ2n) is 4.52. The Bertz CT molecular complexity index is 307. The van der Waals surface area contributed by atoms with Gasteiger partial charge in [-0.1, -0.05) is 38.8 Å². The normalized spacial score (nSPS) is 14.2. The highest BCUT2D eigenvalue weighted by Gasteiger charge is 2.16. The van der Waals surface area contributed by atoms with Crippen molar-refractivity contribution in [3.8, 4) is 0 Å². The van der Waals surface area contributed by atoms with Gasteiger partial charge in [0.25, 0.3) is 10.1 Å². The summed E-state index contributed by atoms with van der Waals surface area (Å²) in [5.74, 6) is 0.0609. The second-order valence-corrected chi connectivity index (χ2v) is 6.40. The lowest BCUT2D eigenvalue weighted by atomic mass is 10.1. The van der Waals surface area contributed by atoms with Crippen molar-refractivity contribution in [2.75, 3.05) is 5.75 Å². The molecule has 18 heavy (non-hydrogen) atoms. The van der Waals surface area contributed by atoms with Gasteiger partial charge in [0.05, 0.1) is 11.9 Å². The molecule has 0 saturated carbocycles.